The van der Waals surface area contributed by atoms with Crippen molar-refractivity contribution in [3.63, 3.8) is 0 Å². The van der Waals surface area contributed by atoms with Crippen LogP contribution in [0, 0.1) is 5.41 Å². The second-order valence-electron chi connectivity index (χ2n) is 12.8. The van der Waals surface area contributed by atoms with E-state index in [4.69, 9.17) is 47.3 Å². The topological polar surface area (TPSA) is 133 Å². The average Bonchev–Trinajstić information content (AvgIpc) is 3.43. The largest absolute Gasteiger partial charge is 0.591 e. The average molecular weight is 652 g/mol. The molecular weight excluding hydrogens is 593 g/mol. The maximum Gasteiger partial charge on any atom is 0.591 e. The smallest absolute Gasteiger partial charge is 0.523 e. The molecule has 0 aromatic heterocycles. The molecule has 4 heterocycles. The molecule has 260 valence electrons. The van der Waals surface area contributed by atoms with Crippen LogP contribution in [0.5, 0.6) is 11.5 Å². The van der Waals surface area contributed by atoms with Gasteiger partial charge in [0.1, 0.15) is 11.5 Å². The Morgan fingerprint density at radius 2 is 1.02 bits per heavy atom. The van der Waals surface area contributed by atoms with Crippen LogP contribution >= 0.6 is 0 Å². The van der Waals surface area contributed by atoms with Crippen molar-refractivity contribution in [2.75, 3.05) is 40.6 Å². The predicted octanol–water partition coefficient (Wildman–Crippen LogP) is 4.49. The molecule has 0 bridgehead atoms. The van der Waals surface area contributed by atoms with Crippen LogP contribution in [0.25, 0.3) is 0 Å². The van der Waals surface area contributed by atoms with Gasteiger partial charge in [0, 0.05) is 46.1 Å². The number of fused-ring (bicyclic) bond motifs is 1. The van der Waals surface area contributed by atoms with Gasteiger partial charge in [-0.05, 0) is 87.2 Å². The standard InChI is InChI=1S/C7H7BO2.C7H15BO2.C6H13BO2.C4H9BO2.C3H9BO2.CH5BO2/c1-8-9-6-4-2-3-5-7(6)10-8;1-6(2)7(3,4)10-8(5)9-6;1-6(2)4-8-7(3)9-5-6;1-5-6-3-2-4-7-5;1-4(5-2)6-3;1-2(3)4/h2-5H,1H3;1-5H3;4-5H2,1-3H3;2-4H2,1H3;1-3H3;3-4H,1H3. The predicted molar refractivity (Wildman–Crippen MR) is 188 cm³/mol. The van der Waals surface area contributed by atoms with Crippen LogP contribution in [0.2, 0.25) is 40.9 Å². The molecular formula is C28H58B6O12. The molecule has 4 aliphatic heterocycles. The Morgan fingerprint density at radius 3 is 1.26 bits per heavy atom. The first kappa shape index (κ1) is 44.8. The third kappa shape index (κ3) is 20.2. The highest BCUT2D eigenvalue weighted by Crippen LogP contribution is 2.36. The van der Waals surface area contributed by atoms with Crippen LogP contribution in [0.15, 0.2) is 24.3 Å². The van der Waals surface area contributed by atoms with E-state index >= 15 is 0 Å². The first-order valence-electron chi connectivity index (χ1n) is 15.9. The van der Waals surface area contributed by atoms with Crippen molar-refractivity contribution in [1.29, 1.82) is 0 Å². The zero-order chi connectivity index (χ0) is 35.6. The van der Waals surface area contributed by atoms with Crippen molar-refractivity contribution >= 4 is 42.7 Å². The highest BCUT2D eigenvalue weighted by Gasteiger charge is 2.48. The molecule has 12 nitrogen and oxygen atoms in total. The fourth-order valence-electron chi connectivity index (χ4n) is 3.64. The fourth-order valence-corrected chi connectivity index (χ4v) is 3.64. The Balaban J connectivity index is 0.000000541. The van der Waals surface area contributed by atoms with Crippen LogP contribution in [-0.4, -0.2) is 105 Å². The molecule has 1 aromatic carbocycles. The van der Waals surface area contributed by atoms with Crippen molar-refractivity contribution < 1.29 is 56.6 Å². The van der Waals surface area contributed by atoms with Gasteiger partial charge in [-0.15, -0.1) is 0 Å². The normalized spacial score (nSPS) is 19.7. The third-order valence-electron chi connectivity index (χ3n) is 6.88. The molecule has 3 fully saturated rings. The van der Waals surface area contributed by atoms with Crippen LogP contribution in [0.3, 0.4) is 0 Å². The zero-order valence-electron chi connectivity index (χ0n) is 30.8. The molecule has 3 saturated heterocycles. The lowest BCUT2D eigenvalue weighted by Gasteiger charge is -2.32. The molecule has 18 heteroatoms. The summed E-state index contributed by atoms with van der Waals surface area (Å²) in [7, 11) is 1.82. The fraction of sp³-hybridized carbons (Fsp3) is 0.786. The van der Waals surface area contributed by atoms with Gasteiger partial charge < -0.3 is 56.6 Å². The van der Waals surface area contributed by atoms with Crippen molar-refractivity contribution in [2.45, 2.75) is 100 Å². The summed E-state index contributed by atoms with van der Waals surface area (Å²) < 4.78 is 51.7. The van der Waals surface area contributed by atoms with E-state index in [1.54, 1.807) is 14.2 Å². The van der Waals surface area contributed by atoms with E-state index in [0.717, 1.165) is 44.3 Å². The van der Waals surface area contributed by atoms with Crippen molar-refractivity contribution in [3.05, 3.63) is 24.3 Å². The van der Waals surface area contributed by atoms with Crippen molar-refractivity contribution in [1.82, 2.24) is 0 Å². The third-order valence-corrected chi connectivity index (χ3v) is 6.88. The van der Waals surface area contributed by atoms with Crippen LogP contribution in [-0.2, 0) is 37.2 Å². The number of rotatable bonds is 2. The maximum absolute atomic E-state index is 7.61. The summed E-state index contributed by atoms with van der Waals surface area (Å²) in [6.07, 6.45) is 1.05. The lowest BCUT2D eigenvalue weighted by atomic mass is 9.86. The number of benzene rings is 1. The van der Waals surface area contributed by atoms with Gasteiger partial charge in [0.15, 0.2) is 0 Å². The van der Waals surface area contributed by atoms with Crippen molar-refractivity contribution in [2.24, 2.45) is 5.41 Å². The van der Waals surface area contributed by atoms with E-state index in [1.807, 2.05) is 58.4 Å². The quantitative estimate of drug-likeness (QED) is 0.437. The molecule has 0 spiro atoms. The van der Waals surface area contributed by atoms with Crippen LogP contribution in [0.4, 0.5) is 0 Å². The minimum atomic E-state index is -1.17. The second-order valence-corrected chi connectivity index (χ2v) is 12.8. The van der Waals surface area contributed by atoms with Crippen LogP contribution in [0.1, 0.15) is 48.0 Å². The van der Waals surface area contributed by atoms with Gasteiger partial charge in [-0.3, -0.25) is 0 Å². The van der Waals surface area contributed by atoms with Gasteiger partial charge in [0.05, 0.1) is 11.2 Å². The van der Waals surface area contributed by atoms with Gasteiger partial charge >= 0.3 is 42.7 Å². The van der Waals surface area contributed by atoms with E-state index in [0.29, 0.717) is 0 Å². The van der Waals surface area contributed by atoms with E-state index in [-0.39, 0.29) is 52.2 Å². The number of para-hydroxylation sites is 2. The highest BCUT2D eigenvalue weighted by molar-refractivity contribution is 6.46. The van der Waals surface area contributed by atoms with E-state index in [1.165, 1.54) is 6.82 Å². The van der Waals surface area contributed by atoms with Gasteiger partial charge in [0.25, 0.3) is 0 Å². The Bertz CT molecular complexity index is 867. The van der Waals surface area contributed by atoms with Gasteiger partial charge in [-0.2, -0.15) is 0 Å². The molecule has 46 heavy (non-hydrogen) atoms. The summed E-state index contributed by atoms with van der Waals surface area (Å²) in [4.78, 5) is 0. The summed E-state index contributed by atoms with van der Waals surface area (Å²) in [5.41, 5.74) is -0.106. The highest BCUT2D eigenvalue weighted by atomic mass is 16.7. The minimum absolute atomic E-state index is 0.00183. The van der Waals surface area contributed by atoms with E-state index in [2.05, 4.69) is 50.9 Å². The van der Waals surface area contributed by atoms with Crippen molar-refractivity contribution in [3.8, 4) is 11.5 Å². The van der Waals surface area contributed by atoms with Crippen LogP contribution < -0.4 is 9.31 Å². The molecule has 2 N–H and O–H groups in total. The molecule has 0 unspecified atom stereocenters. The maximum atomic E-state index is 7.61. The first-order valence-corrected chi connectivity index (χ1v) is 15.9. The number of hydrogen-bond donors (Lipinski definition) is 2. The minimum Gasteiger partial charge on any atom is -0.523 e. The Labute approximate surface area is 281 Å². The lowest BCUT2D eigenvalue weighted by molar-refractivity contribution is 0.00578. The van der Waals surface area contributed by atoms with Gasteiger partial charge in [0.2, 0.25) is 0 Å². The second kappa shape index (κ2) is 22.4. The Hall–Kier alpha value is -1.19. The van der Waals surface area contributed by atoms with Gasteiger partial charge in [-0.25, -0.2) is 0 Å². The Kier molecular flexibility index (Phi) is 21.9. The SMILES string of the molecule is CB(O)O.CB1OC(C)(C)C(C)(C)O1.CB1OCC(C)(C)CO1.CB1OCCCO1.CB1Oc2ccccc2O1.COB(C)OC. The molecule has 5 rings (SSSR count). The van der Waals surface area contributed by atoms with E-state index in [9.17, 15) is 0 Å². The molecule has 0 saturated carbocycles. The molecule has 0 radical (unpaired) electrons. The number of hydrogen-bond acceptors (Lipinski definition) is 12. The van der Waals surface area contributed by atoms with E-state index < -0.39 is 7.12 Å². The first-order chi connectivity index (χ1) is 21.2. The summed E-state index contributed by atoms with van der Waals surface area (Å²) in [6.45, 7) is 26.6. The zero-order valence-corrected chi connectivity index (χ0v) is 30.8. The molecule has 0 amide bonds. The van der Waals surface area contributed by atoms with Gasteiger partial charge in [-0.1, -0.05) is 26.0 Å². The summed E-state index contributed by atoms with van der Waals surface area (Å²) in [6, 6.07) is 7.66. The molecule has 0 aliphatic carbocycles. The molecule has 4 aliphatic rings. The Morgan fingerprint density at radius 1 is 0.652 bits per heavy atom. The molecule has 0 atom stereocenters. The summed E-state index contributed by atoms with van der Waals surface area (Å²) >= 11 is 0. The lowest BCUT2D eigenvalue weighted by Crippen LogP contribution is -2.41. The summed E-state index contributed by atoms with van der Waals surface area (Å²) in [5, 5.41) is 15.2. The monoisotopic (exact) mass is 652 g/mol. The summed E-state index contributed by atoms with van der Waals surface area (Å²) in [5.74, 6) is 1.69. The molecule has 1 aromatic rings.